The normalized spacial score (nSPS) is 16.1. The Kier molecular flexibility index (Phi) is 3.82. The first-order valence-electron chi connectivity index (χ1n) is 5.61. The van der Waals surface area contributed by atoms with E-state index in [4.69, 9.17) is 10.3 Å². The van der Waals surface area contributed by atoms with Crippen molar-refractivity contribution in [2.24, 2.45) is 5.11 Å². The van der Waals surface area contributed by atoms with Gasteiger partial charge in [-0.15, -0.1) is 0 Å². The van der Waals surface area contributed by atoms with Crippen molar-refractivity contribution < 1.29 is 17.9 Å². The molecule has 0 aliphatic carbocycles. The molecule has 0 saturated carbocycles. The smallest absolute Gasteiger partial charge is 0.378 e. The summed E-state index contributed by atoms with van der Waals surface area (Å²) >= 11 is 0. The molecule has 0 unspecified atom stereocenters. The van der Waals surface area contributed by atoms with Crippen molar-refractivity contribution in [3.63, 3.8) is 0 Å². The highest BCUT2D eigenvalue weighted by Gasteiger charge is 2.31. The largest absolute Gasteiger partial charge is 0.416 e. The van der Waals surface area contributed by atoms with Gasteiger partial charge in [-0.1, -0.05) is 5.11 Å². The number of hydrogen-bond acceptors (Lipinski definition) is 3. The monoisotopic (exact) mass is 272 g/mol. The van der Waals surface area contributed by atoms with Gasteiger partial charge in [0, 0.05) is 29.4 Å². The number of morpholine rings is 1. The van der Waals surface area contributed by atoms with Crippen LogP contribution < -0.4 is 4.90 Å². The summed E-state index contributed by atoms with van der Waals surface area (Å²) < 4.78 is 43.5. The predicted molar refractivity (Wildman–Crippen MR) is 63.3 cm³/mol. The highest BCUT2D eigenvalue weighted by molar-refractivity contribution is 5.59. The van der Waals surface area contributed by atoms with Gasteiger partial charge in [-0.3, -0.25) is 0 Å². The zero-order valence-electron chi connectivity index (χ0n) is 9.89. The molecule has 0 bridgehead atoms. The summed E-state index contributed by atoms with van der Waals surface area (Å²) in [6, 6.07) is 3.34. The number of halogens is 3. The van der Waals surface area contributed by atoms with E-state index in [2.05, 4.69) is 10.0 Å². The third kappa shape index (κ3) is 3.30. The van der Waals surface area contributed by atoms with Crippen LogP contribution in [0.3, 0.4) is 0 Å². The Hall–Kier alpha value is -1.92. The van der Waals surface area contributed by atoms with Crippen LogP contribution in [0.2, 0.25) is 0 Å². The molecule has 0 N–H and O–H groups in total. The molecule has 1 aliphatic rings. The quantitative estimate of drug-likeness (QED) is 0.470. The topological polar surface area (TPSA) is 61.2 Å². The van der Waals surface area contributed by atoms with Gasteiger partial charge in [-0.2, -0.15) is 13.2 Å². The van der Waals surface area contributed by atoms with Gasteiger partial charge in [0.2, 0.25) is 0 Å². The van der Waals surface area contributed by atoms with E-state index in [0.29, 0.717) is 32.0 Å². The highest BCUT2D eigenvalue weighted by Crippen LogP contribution is 2.35. The van der Waals surface area contributed by atoms with E-state index in [1.54, 1.807) is 4.90 Å². The van der Waals surface area contributed by atoms with E-state index in [0.717, 1.165) is 12.1 Å². The first kappa shape index (κ1) is 13.5. The third-order valence-electron chi connectivity index (χ3n) is 2.77. The van der Waals surface area contributed by atoms with Gasteiger partial charge in [0.15, 0.2) is 0 Å². The van der Waals surface area contributed by atoms with E-state index < -0.39 is 11.7 Å². The minimum absolute atomic E-state index is 0.0428. The Bertz CT molecular complexity index is 505. The summed E-state index contributed by atoms with van der Waals surface area (Å²) in [5, 5.41) is 3.26. The lowest BCUT2D eigenvalue weighted by molar-refractivity contribution is -0.137. The maximum atomic E-state index is 12.8. The first-order chi connectivity index (χ1) is 9.00. The summed E-state index contributed by atoms with van der Waals surface area (Å²) in [6.07, 6.45) is -4.47. The average molecular weight is 272 g/mol. The fourth-order valence-corrected chi connectivity index (χ4v) is 1.87. The lowest BCUT2D eigenvalue weighted by Gasteiger charge is -2.29. The highest BCUT2D eigenvalue weighted by atomic mass is 19.4. The van der Waals surface area contributed by atoms with Crippen molar-refractivity contribution in [3.8, 4) is 0 Å². The molecule has 1 aliphatic heterocycles. The zero-order chi connectivity index (χ0) is 13.9. The van der Waals surface area contributed by atoms with E-state index in [9.17, 15) is 13.2 Å². The predicted octanol–water partition coefficient (Wildman–Crippen LogP) is 3.48. The van der Waals surface area contributed by atoms with Crippen LogP contribution >= 0.6 is 0 Å². The number of ether oxygens (including phenoxy) is 1. The van der Waals surface area contributed by atoms with Gasteiger partial charge in [-0.25, -0.2) is 0 Å². The van der Waals surface area contributed by atoms with E-state index in [1.165, 1.54) is 6.07 Å². The van der Waals surface area contributed by atoms with Crippen LogP contribution in [0.15, 0.2) is 23.3 Å². The maximum Gasteiger partial charge on any atom is 0.416 e. The van der Waals surface area contributed by atoms with Gasteiger partial charge < -0.3 is 9.64 Å². The number of nitrogens with zero attached hydrogens (tertiary/aromatic N) is 4. The molecule has 1 fully saturated rings. The van der Waals surface area contributed by atoms with Gasteiger partial charge in [-0.05, 0) is 23.7 Å². The van der Waals surface area contributed by atoms with Crippen molar-refractivity contribution >= 4 is 11.4 Å². The SMILES string of the molecule is [N-]=[N+]=Nc1cc(N2CCOCC2)cc(C(F)(F)F)c1. The molecule has 1 aromatic carbocycles. The molecule has 0 radical (unpaired) electrons. The number of hydrogen-bond donors (Lipinski definition) is 0. The molecule has 1 aromatic rings. The molecule has 0 aromatic heterocycles. The maximum absolute atomic E-state index is 12.8. The summed E-state index contributed by atoms with van der Waals surface area (Å²) in [7, 11) is 0. The molecule has 1 heterocycles. The number of rotatable bonds is 2. The lowest BCUT2D eigenvalue weighted by Crippen LogP contribution is -2.36. The Morgan fingerprint density at radius 3 is 2.47 bits per heavy atom. The summed E-state index contributed by atoms with van der Waals surface area (Å²) in [5.41, 5.74) is 7.88. The minimum Gasteiger partial charge on any atom is -0.378 e. The number of alkyl halides is 3. The fourth-order valence-electron chi connectivity index (χ4n) is 1.87. The molecule has 1 saturated heterocycles. The zero-order valence-corrected chi connectivity index (χ0v) is 9.89. The Morgan fingerprint density at radius 1 is 1.21 bits per heavy atom. The van der Waals surface area contributed by atoms with Crippen molar-refractivity contribution in [1.29, 1.82) is 0 Å². The second-order valence-electron chi connectivity index (χ2n) is 4.02. The van der Waals surface area contributed by atoms with Crippen molar-refractivity contribution in [1.82, 2.24) is 0 Å². The first-order valence-corrected chi connectivity index (χ1v) is 5.61. The molecule has 19 heavy (non-hydrogen) atoms. The summed E-state index contributed by atoms with van der Waals surface area (Å²) in [5.74, 6) is 0. The summed E-state index contributed by atoms with van der Waals surface area (Å²) in [6.45, 7) is 1.95. The van der Waals surface area contributed by atoms with E-state index in [-0.39, 0.29) is 5.69 Å². The van der Waals surface area contributed by atoms with Crippen LogP contribution in [-0.2, 0) is 10.9 Å². The fraction of sp³-hybridized carbons (Fsp3) is 0.455. The third-order valence-corrected chi connectivity index (χ3v) is 2.77. The van der Waals surface area contributed by atoms with Gasteiger partial charge >= 0.3 is 6.18 Å². The van der Waals surface area contributed by atoms with Gasteiger partial charge in [0.1, 0.15) is 0 Å². The van der Waals surface area contributed by atoms with Crippen molar-refractivity contribution in [3.05, 3.63) is 34.2 Å². The second kappa shape index (κ2) is 5.38. The lowest BCUT2D eigenvalue weighted by atomic mass is 10.1. The minimum atomic E-state index is -4.47. The molecule has 2 rings (SSSR count). The molecule has 0 atom stereocenters. The van der Waals surface area contributed by atoms with Crippen LogP contribution in [0.1, 0.15) is 5.56 Å². The van der Waals surface area contributed by atoms with Crippen LogP contribution in [0, 0.1) is 0 Å². The van der Waals surface area contributed by atoms with Crippen LogP contribution in [-0.4, -0.2) is 26.3 Å². The summed E-state index contributed by atoms with van der Waals surface area (Å²) in [4.78, 5) is 4.30. The number of anilines is 1. The standard InChI is InChI=1S/C11H11F3N4O/c12-11(13,14)8-5-9(16-17-15)7-10(6-8)18-1-3-19-4-2-18/h5-7H,1-4H2. The second-order valence-corrected chi connectivity index (χ2v) is 4.02. The molecular weight excluding hydrogens is 261 g/mol. The Morgan fingerprint density at radius 2 is 1.89 bits per heavy atom. The van der Waals surface area contributed by atoms with Crippen molar-refractivity contribution in [2.45, 2.75) is 6.18 Å². The van der Waals surface area contributed by atoms with Crippen LogP contribution in [0.25, 0.3) is 10.4 Å². The van der Waals surface area contributed by atoms with E-state index >= 15 is 0 Å². The molecule has 0 amide bonds. The van der Waals surface area contributed by atoms with Crippen LogP contribution in [0.5, 0.6) is 0 Å². The van der Waals surface area contributed by atoms with Crippen molar-refractivity contribution in [2.75, 3.05) is 31.2 Å². The number of azide groups is 1. The van der Waals surface area contributed by atoms with E-state index in [1.807, 2.05) is 0 Å². The molecule has 0 spiro atoms. The van der Waals surface area contributed by atoms with Gasteiger partial charge in [0.05, 0.1) is 18.8 Å². The van der Waals surface area contributed by atoms with Gasteiger partial charge in [0.25, 0.3) is 0 Å². The molecular formula is C11H11F3N4O. The average Bonchev–Trinajstić information content (AvgIpc) is 2.39. The number of benzene rings is 1. The van der Waals surface area contributed by atoms with Crippen LogP contribution in [0.4, 0.5) is 24.5 Å². The Labute approximate surface area is 107 Å². The molecule has 5 nitrogen and oxygen atoms in total. The molecule has 8 heteroatoms. The Balaban J connectivity index is 2.41. The molecule has 102 valence electrons.